The van der Waals surface area contributed by atoms with Crippen molar-refractivity contribution in [2.75, 3.05) is 16.9 Å². The number of carbonyl (C=O) groups excluding carboxylic acids is 3. The number of amides is 2. The van der Waals surface area contributed by atoms with Gasteiger partial charge in [-0.15, -0.1) is 0 Å². The van der Waals surface area contributed by atoms with Crippen LogP contribution in [0.2, 0.25) is 0 Å². The molecule has 6 rings (SSSR count). The summed E-state index contributed by atoms with van der Waals surface area (Å²) in [7, 11) is 1.53. The Bertz CT molecular complexity index is 1620. The number of hydrogen-bond acceptors (Lipinski definition) is 7. The van der Waals surface area contributed by atoms with Crippen LogP contribution in [-0.2, 0) is 9.59 Å². The summed E-state index contributed by atoms with van der Waals surface area (Å²) in [5, 5.41) is 11.2. The number of imide groups is 1. The van der Waals surface area contributed by atoms with Crippen molar-refractivity contribution in [2.24, 2.45) is 11.8 Å². The van der Waals surface area contributed by atoms with E-state index in [1.165, 1.54) is 25.3 Å². The lowest BCUT2D eigenvalue weighted by Crippen LogP contribution is -2.49. The molecule has 2 saturated heterocycles. The number of hydrogen-bond donors (Lipinski definition) is 0. The highest BCUT2D eigenvalue weighted by atomic mass is 79.9. The first-order chi connectivity index (χ1) is 18.7. The summed E-state index contributed by atoms with van der Waals surface area (Å²) in [4.78, 5) is 56.0. The molecular weight excluding hydrogens is 566 g/mol. The average Bonchev–Trinajstić information content (AvgIpc) is 3.40. The van der Waals surface area contributed by atoms with Gasteiger partial charge in [0, 0.05) is 23.4 Å². The molecule has 3 aromatic carbocycles. The van der Waals surface area contributed by atoms with Gasteiger partial charge >= 0.3 is 0 Å². The van der Waals surface area contributed by atoms with E-state index < -0.39 is 40.7 Å². The number of nitrogens with zero attached hydrogens (tertiary/aromatic N) is 3. The van der Waals surface area contributed by atoms with E-state index in [0.29, 0.717) is 21.3 Å². The van der Waals surface area contributed by atoms with Crippen LogP contribution in [0.4, 0.5) is 17.1 Å². The Morgan fingerprint density at radius 2 is 1.74 bits per heavy atom. The molecule has 3 heterocycles. The smallest absolute Gasteiger partial charge is 0.269 e. The molecule has 196 valence electrons. The topological polar surface area (TPSA) is 110 Å². The fourth-order valence-corrected chi connectivity index (χ4v) is 6.59. The van der Waals surface area contributed by atoms with Gasteiger partial charge in [-0.25, -0.2) is 4.90 Å². The van der Waals surface area contributed by atoms with E-state index in [9.17, 15) is 24.5 Å². The number of ether oxygens (including phenoxy) is 1. The minimum Gasteiger partial charge on any atom is -0.496 e. The third-order valence-corrected chi connectivity index (χ3v) is 8.37. The van der Waals surface area contributed by atoms with Crippen LogP contribution in [0.25, 0.3) is 6.08 Å². The molecule has 39 heavy (non-hydrogen) atoms. The van der Waals surface area contributed by atoms with Crippen LogP contribution in [0.15, 0.2) is 71.2 Å². The number of methoxy groups -OCH3 is 1. The number of Topliss-reactive ketones (excluding diaryl/α,β-unsaturated/α-hetero) is 1. The molecule has 0 aliphatic carbocycles. The Morgan fingerprint density at radius 1 is 1.00 bits per heavy atom. The third-order valence-electron chi connectivity index (χ3n) is 7.75. The maximum Gasteiger partial charge on any atom is 0.269 e. The number of carbonyl (C=O) groups is 3. The normalized spacial score (nSPS) is 22.9. The van der Waals surface area contributed by atoms with Crippen molar-refractivity contribution in [1.82, 2.24) is 0 Å². The van der Waals surface area contributed by atoms with Crippen LogP contribution in [0, 0.1) is 28.9 Å². The van der Waals surface area contributed by atoms with Crippen molar-refractivity contribution >= 4 is 56.7 Å². The second-order valence-electron chi connectivity index (χ2n) is 9.77. The molecule has 2 fully saturated rings. The van der Waals surface area contributed by atoms with E-state index in [4.69, 9.17) is 4.74 Å². The Kier molecular flexibility index (Phi) is 5.87. The molecule has 0 saturated carbocycles. The molecule has 0 radical (unpaired) electrons. The monoisotopic (exact) mass is 587 g/mol. The number of nitro groups is 1. The first kappa shape index (κ1) is 25.0. The van der Waals surface area contributed by atoms with Crippen molar-refractivity contribution < 1.29 is 24.0 Å². The summed E-state index contributed by atoms with van der Waals surface area (Å²) < 4.78 is 5.91. The molecule has 0 spiro atoms. The molecule has 4 atom stereocenters. The minimum atomic E-state index is -0.943. The van der Waals surface area contributed by atoms with Gasteiger partial charge in [0.05, 0.1) is 40.1 Å². The van der Waals surface area contributed by atoms with Gasteiger partial charge in [-0.2, -0.15) is 0 Å². The number of nitro benzene ring substituents is 1. The van der Waals surface area contributed by atoms with Crippen LogP contribution in [0.3, 0.4) is 0 Å². The Balaban J connectivity index is 1.48. The lowest BCUT2D eigenvalue weighted by atomic mass is 9.86. The van der Waals surface area contributed by atoms with Crippen LogP contribution < -0.4 is 14.5 Å². The molecule has 2 amide bonds. The van der Waals surface area contributed by atoms with E-state index in [2.05, 4.69) is 15.9 Å². The predicted octanol–water partition coefficient (Wildman–Crippen LogP) is 4.95. The van der Waals surface area contributed by atoms with Gasteiger partial charge in [0.15, 0.2) is 5.78 Å². The van der Waals surface area contributed by atoms with Crippen LogP contribution >= 0.6 is 15.9 Å². The first-order valence-corrected chi connectivity index (χ1v) is 13.1. The van der Waals surface area contributed by atoms with Crippen molar-refractivity contribution in [3.05, 3.63) is 98.0 Å². The molecule has 3 aromatic rings. The second kappa shape index (κ2) is 9.16. The summed E-state index contributed by atoms with van der Waals surface area (Å²) in [5.74, 6) is -2.38. The van der Waals surface area contributed by atoms with Crippen molar-refractivity contribution in [1.29, 1.82) is 0 Å². The Hall–Kier alpha value is -4.31. The molecule has 0 N–H and O–H groups in total. The van der Waals surface area contributed by atoms with Crippen molar-refractivity contribution in [2.45, 2.75) is 19.0 Å². The van der Waals surface area contributed by atoms with Gasteiger partial charge in [-0.05, 0) is 64.3 Å². The zero-order valence-corrected chi connectivity index (χ0v) is 22.5. The second-order valence-corrected chi connectivity index (χ2v) is 10.6. The molecule has 0 aromatic heterocycles. The summed E-state index contributed by atoms with van der Waals surface area (Å²) in [6, 6.07) is 15.2. The number of fused-ring (bicyclic) bond motifs is 5. The highest BCUT2D eigenvalue weighted by Crippen LogP contribution is 2.50. The maximum atomic E-state index is 14.2. The molecule has 0 bridgehead atoms. The molecule has 0 unspecified atom stereocenters. The first-order valence-electron chi connectivity index (χ1n) is 12.3. The number of non-ortho nitro benzene ring substituents is 1. The SMILES string of the molecule is COc1ccc(C(=O)[C@@H]2[C@@H]3C(=O)N(c4ccc([N+](=O)[O-])cc4C)C(=O)[C@@H]3[C@@H]3C=Cc4ccccc4N23)cc1Br. The van der Waals surface area contributed by atoms with E-state index in [1.54, 1.807) is 25.1 Å². The highest BCUT2D eigenvalue weighted by Gasteiger charge is 2.64. The van der Waals surface area contributed by atoms with Crippen molar-refractivity contribution in [3.63, 3.8) is 0 Å². The molecule has 9 nitrogen and oxygen atoms in total. The van der Waals surface area contributed by atoms with E-state index in [0.717, 1.165) is 16.2 Å². The van der Waals surface area contributed by atoms with E-state index in [1.807, 2.05) is 41.3 Å². The van der Waals surface area contributed by atoms with Crippen molar-refractivity contribution in [3.8, 4) is 5.75 Å². The number of aryl methyl sites for hydroxylation is 1. The average molecular weight is 588 g/mol. The number of rotatable bonds is 5. The standard InChI is InChI=1S/C29H22BrN3O6/c1-15-13-18(33(37)38)9-11-20(15)32-28(35)24-22-10-7-16-5-3-4-6-21(16)31(22)26(25(24)29(32)36)27(34)17-8-12-23(39-2)19(30)14-17/h3-14,22,24-26H,1-2H3/t22-,24+,25+,26-/m0/s1. The van der Waals surface area contributed by atoms with Gasteiger partial charge in [-0.1, -0.05) is 30.4 Å². The summed E-state index contributed by atoms with van der Waals surface area (Å²) in [5.41, 5.74) is 2.63. The Morgan fingerprint density at radius 3 is 2.44 bits per heavy atom. The molecular formula is C29H22BrN3O6. The lowest BCUT2D eigenvalue weighted by Gasteiger charge is -2.36. The third kappa shape index (κ3) is 3.69. The number of benzene rings is 3. The van der Waals surface area contributed by atoms with Gasteiger partial charge in [-0.3, -0.25) is 24.5 Å². The Labute approximate surface area is 231 Å². The maximum absolute atomic E-state index is 14.2. The lowest BCUT2D eigenvalue weighted by molar-refractivity contribution is -0.384. The quantitative estimate of drug-likeness (QED) is 0.180. The zero-order chi connectivity index (χ0) is 27.6. The van der Waals surface area contributed by atoms with Gasteiger partial charge in [0.2, 0.25) is 11.8 Å². The molecule has 3 aliphatic rings. The van der Waals surface area contributed by atoms with E-state index in [-0.39, 0.29) is 17.2 Å². The van der Waals surface area contributed by atoms with Crippen LogP contribution in [-0.4, -0.2) is 41.7 Å². The number of ketones is 1. The largest absolute Gasteiger partial charge is 0.496 e. The van der Waals surface area contributed by atoms with Crippen LogP contribution in [0.5, 0.6) is 5.75 Å². The van der Waals surface area contributed by atoms with Gasteiger partial charge in [0.1, 0.15) is 11.8 Å². The summed E-state index contributed by atoms with van der Waals surface area (Å²) in [6.07, 6.45) is 3.80. The van der Waals surface area contributed by atoms with Gasteiger partial charge < -0.3 is 9.64 Å². The predicted molar refractivity (Wildman–Crippen MR) is 148 cm³/mol. The summed E-state index contributed by atoms with van der Waals surface area (Å²) >= 11 is 3.44. The fraction of sp³-hybridized carbons (Fsp3) is 0.207. The van der Waals surface area contributed by atoms with Crippen LogP contribution in [0.1, 0.15) is 21.5 Å². The van der Waals surface area contributed by atoms with Gasteiger partial charge in [0.25, 0.3) is 5.69 Å². The zero-order valence-electron chi connectivity index (χ0n) is 20.9. The molecule has 10 heteroatoms. The number of para-hydroxylation sites is 1. The number of anilines is 2. The summed E-state index contributed by atoms with van der Waals surface area (Å²) in [6.45, 7) is 1.62. The van der Waals surface area contributed by atoms with E-state index >= 15 is 0 Å². The highest BCUT2D eigenvalue weighted by molar-refractivity contribution is 9.10. The fourth-order valence-electron chi connectivity index (χ4n) is 6.05. The minimum absolute atomic E-state index is 0.133. The molecule has 3 aliphatic heterocycles. The number of halogens is 1.